The van der Waals surface area contributed by atoms with Gasteiger partial charge in [-0.3, -0.25) is 9.59 Å². The monoisotopic (exact) mass is 320 g/mol. The minimum absolute atomic E-state index is 0. The van der Waals surface area contributed by atoms with Gasteiger partial charge >= 0.3 is 53.4 Å². The molecule has 0 aliphatic rings. The molecule has 0 spiro atoms. The number of hydrogen-bond acceptors (Lipinski definition) is 5. The van der Waals surface area contributed by atoms with E-state index >= 15 is 0 Å². The Labute approximate surface area is 147 Å². The Bertz CT molecular complexity index is 553. The van der Waals surface area contributed by atoms with Gasteiger partial charge in [0.15, 0.2) is 0 Å². The average Bonchev–Trinajstić information content (AvgIpc) is 2.37. The van der Waals surface area contributed by atoms with Gasteiger partial charge in [-0.2, -0.15) is 0 Å². The van der Waals surface area contributed by atoms with Crippen molar-refractivity contribution in [1.82, 2.24) is 0 Å². The summed E-state index contributed by atoms with van der Waals surface area (Å²) < 4.78 is 4.71. The summed E-state index contributed by atoms with van der Waals surface area (Å²) in [5.41, 5.74) is -2.68. The van der Waals surface area contributed by atoms with Crippen LogP contribution in [0.4, 0.5) is 0 Å². The number of aliphatic carboxylic acids is 3. The molecule has 1 aromatic carbocycles. The number of benzene rings is 1. The minimum atomic E-state index is -2.66. The van der Waals surface area contributed by atoms with Crippen LogP contribution in [-0.2, 0) is 19.1 Å². The molecule has 0 saturated carbocycles. The van der Waals surface area contributed by atoms with Gasteiger partial charge in [0.05, 0.1) is 18.4 Å². The van der Waals surface area contributed by atoms with E-state index in [1.165, 1.54) is 24.3 Å². The summed E-state index contributed by atoms with van der Waals surface area (Å²) >= 11 is 0. The number of carbonyl (C=O) groups is 4. The van der Waals surface area contributed by atoms with E-state index in [2.05, 4.69) is 0 Å². The Morgan fingerprint density at radius 1 is 0.909 bits per heavy atom. The molecule has 0 aromatic heterocycles. The number of carboxylic acid groups (broad SMARTS) is 3. The van der Waals surface area contributed by atoms with E-state index in [9.17, 15) is 19.2 Å². The van der Waals surface area contributed by atoms with E-state index < -0.39 is 42.3 Å². The second-order valence-electron chi connectivity index (χ2n) is 4.20. The fraction of sp³-hybridized carbons (Fsp3) is 0.231. The van der Waals surface area contributed by atoms with Gasteiger partial charge in [-0.05, 0) is 12.1 Å². The third kappa shape index (κ3) is 5.47. The molecular formula is C13H13NaO8. The first-order valence-electron chi connectivity index (χ1n) is 5.72. The Kier molecular flexibility index (Phi) is 7.78. The molecule has 0 aliphatic heterocycles. The van der Waals surface area contributed by atoms with Gasteiger partial charge in [0, 0.05) is 0 Å². The molecule has 0 fully saturated rings. The van der Waals surface area contributed by atoms with Crippen molar-refractivity contribution >= 4 is 53.4 Å². The van der Waals surface area contributed by atoms with Crippen LogP contribution < -0.4 is 0 Å². The van der Waals surface area contributed by atoms with Crippen LogP contribution in [0.2, 0.25) is 0 Å². The SMILES string of the molecule is O=C(O)CC(CC(=O)O)(OC(=O)c1ccccc1)C(=O)O.[NaH]. The van der Waals surface area contributed by atoms with Gasteiger partial charge in [-0.1, -0.05) is 18.2 Å². The Morgan fingerprint density at radius 2 is 1.36 bits per heavy atom. The van der Waals surface area contributed by atoms with E-state index in [4.69, 9.17) is 20.1 Å². The van der Waals surface area contributed by atoms with Gasteiger partial charge in [0.1, 0.15) is 0 Å². The van der Waals surface area contributed by atoms with E-state index in [-0.39, 0.29) is 35.1 Å². The third-order valence-corrected chi connectivity index (χ3v) is 2.56. The third-order valence-electron chi connectivity index (χ3n) is 2.56. The Morgan fingerprint density at radius 3 is 1.73 bits per heavy atom. The van der Waals surface area contributed by atoms with Crippen LogP contribution in [0.1, 0.15) is 23.2 Å². The standard InChI is InChI=1S/C13H12O8.Na.H/c14-9(15)6-13(12(19)20,7-10(16)17)21-11(18)8-4-2-1-3-5-8;;/h1-5H,6-7H2,(H,14,15)(H,16,17)(H,19,20);;. The van der Waals surface area contributed by atoms with Crippen LogP contribution in [0.3, 0.4) is 0 Å². The first-order chi connectivity index (χ1) is 9.77. The first kappa shape index (κ1) is 20.1. The van der Waals surface area contributed by atoms with Gasteiger partial charge in [-0.25, -0.2) is 9.59 Å². The predicted octanol–water partition coefficient (Wildman–Crippen LogP) is -0.0323. The van der Waals surface area contributed by atoms with E-state index in [0.29, 0.717) is 0 Å². The van der Waals surface area contributed by atoms with E-state index in [1.807, 2.05) is 0 Å². The fourth-order valence-electron chi connectivity index (χ4n) is 1.63. The molecule has 0 radical (unpaired) electrons. The number of hydrogen-bond donors (Lipinski definition) is 3. The van der Waals surface area contributed by atoms with Crippen molar-refractivity contribution in [2.45, 2.75) is 18.4 Å². The van der Waals surface area contributed by atoms with Crippen LogP contribution in [-0.4, -0.2) is 74.4 Å². The molecule has 22 heavy (non-hydrogen) atoms. The van der Waals surface area contributed by atoms with Gasteiger partial charge in [-0.15, -0.1) is 0 Å². The normalized spacial score (nSPS) is 10.2. The molecule has 3 N–H and O–H groups in total. The number of carbonyl (C=O) groups excluding carboxylic acids is 1. The molecule has 8 nitrogen and oxygen atoms in total. The topological polar surface area (TPSA) is 138 Å². The number of ether oxygens (including phenoxy) is 1. The summed E-state index contributed by atoms with van der Waals surface area (Å²) in [7, 11) is 0. The van der Waals surface area contributed by atoms with Crippen molar-refractivity contribution in [3.8, 4) is 0 Å². The maximum atomic E-state index is 11.9. The Hall–Kier alpha value is -1.90. The van der Waals surface area contributed by atoms with E-state index in [1.54, 1.807) is 6.07 Å². The summed E-state index contributed by atoms with van der Waals surface area (Å²) in [5.74, 6) is -6.14. The summed E-state index contributed by atoms with van der Waals surface area (Å²) in [6.07, 6.45) is -2.32. The predicted molar refractivity (Wildman–Crippen MR) is 73.9 cm³/mol. The molecule has 0 aliphatic carbocycles. The van der Waals surface area contributed by atoms with Crippen LogP contribution >= 0.6 is 0 Å². The van der Waals surface area contributed by atoms with Crippen LogP contribution in [0, 0.1) is 0 Å². The molecule has 0 atom stereocenters. The molecular weight excluding hydrogens is 307 g/mol. The fourth-order valence-corrected chi connectivity index (χ4v) is 1.63. The van der Waals surface area contributed by atoms with Crippen LogP contribution in [0.15, 0.2) is 30.3 Å². The zero-order valence-electron chi connectivity index (χ0n) is 10.7. The molecule has 0 bridgehead atoms. The van der Waals surface area contributed by atoms with Gasteiger partial charge < -0.3 is 20.1 Å². The summed E-state index contributed by atoms with van der Waals surface area (Å²) in [6, 6.07) is 7.25. The van der Waals surface area contributed by atoms with Crippen molar-refractivity contribution in [1.29, 1.82) is 0 Å². The van der Waals surface area contributed by atoms with Crippen molar-refractivity contribution in [3.05, 3.63) is 35.9 Å². The molecule has 0 amide bonds. The quantitative estimate of drug-likeness (QED) is 0.470. The van der Waals surface area contributed by atoms with Crippen molar-refractivity contribution in [3.63, 3.8) is 0 Å². The van der Waals surface area contributed by atoms with Gasteiger partial charge in [0.2, 0.25) is 5.60 Å². The molecule has 9 heteroatoms. The summed E-state index contributed by atoms with van der Waals surface area (Å²) in [5, 5.41) is 26.6. The molecule has 1 rings (SSSR count). The van der Waals surface area contributed by atoms with Crippen LogP contribution in [0.25, 0.3) is 0 Å². The number of rotatable bonds is 7. The Balaban J connectivity index is 0.00000441. The molecule has 0 unspecified atom stereocenters. The van der Waals surface area contributed by atoms with Crippen molar-refractivity contribution in [2.75, 3.05) is 0 Å². The summed E-state index contributed by atoms with van der Waals surface area (Å²) in [6.45, 7) is 0. The van der Waals surface area contributed by atoms with Crippen molar-refractivity contribution in [2.24, 2.45) is 0 Å². The number of carboxylic acids is 3. The zero-order valence-corrected chi connectivity index (χ0v) is 10.7. The molecule has 0 saturated heterocycles. The maximum absolute atomic E-state index is 11.9. The summed E-state index contributed by atoms with van der Waals surface area (Å²) in [4.78, 5) is 44.7. The average molecular weight is 320 g/mol. The number of esters is 1. The second-order valence-corrected chi connectivity index (χ2v) is 4.20. The van der Waals surface area contributed by atoms with Crippen molar-refractivity contribution < 1.29 is 39.2 Å². The van der Waals surface area contributed by atoms with E-state index in [0.717, 1.165) is 0 Å². The van der Waals surface area contributed by atoms with Gasteiger partial charge in [0.25, 0.3) is 0 Å². The molecule has 114 valence electrons. The molecule has 1 aromatic rings. The molecule has 0 heterocycles. The zero-order chi connectivity index (χ0) is 16.0. The van der Waals surface area contributed by atoms with Crippen LogP contribution in [0.5, 0.6) is 0 Å². The first-order valence-corrected chi connectivity index (χ1v) is 5.72. The second kappa shape index (κ2) is 8.52.